The van der Waals surface area contributed by atoms with Gasteiger partial charge < -0.3 is 5.73 Å². The fraction of sp³-hybridized carbons (Fsp3) is 0.154. The Morgan fingerprint density at radius 2 is 2.06 bits per heavy atom. The van der Waals surface area contributed by atoms with Crippen LogP contribution >= 0.6 is 38.5 Å². The quantitative estimate of drug-likeness (QED) is 0.776. The molecule has 2 N–H and O–H groups in total. The van der Waals surface area contributed by atoms with Gasteiger partial charge >= 0.3 is 0 Å². The zero-order valence-electron chi connectivity index (χ0n) is 9.32. The van der Waals surface area contributed by atoms with Crippen molar-refractivity contribution in [2.45, 2.75) is 13.0 Å². The van der Waals surface area contributed by atoms with E-state index in [2.05, 4.69) is 62.6 Å². The Kier molecular flexibility index (Phi) is 4.17. The van der Waals surface area contributed by atoms with Crippen LogP contribution in [0.3, 0.4) is 0 Å². The molecule has 0 aliphatic rings. The fourth-order valence-electron chi connectivity index (χ4n) is 1.72. The standard InChI is InChI=1S/C13H12BrIN2/c1-8-4-5-17-7-11(8)13(16)10-6-9(15)2-3-12(10)14/h2-7,13H,16H2,1H3. The molecule has 0 bridgehead atoms. The van der Waals surface area contributed by atoms with Crippen molar-refractivity contribution in [2.24, 2.45) is 5.73 Å². The van der Waals surface area contributed by atoms with E-state index in [1.54, 1.807) is 6.20 Å². The van der Waals surface area contributed by atoms with Crippen LogP contribution in [0, 0.1) is 10.5 Å². The van der Waals surface area contributed by atoms with E-state index in [1.807, 2.05) is 18.3 Å². The van der Waals surface area contributed by atoms with Gasteiger partial charge in [0.1, 0.15) is 0 Å². The second kappa shape index (κ2) is 5.46. The highest BCUT2D eigenvalue weighted by Crippen LogP contribution is 2.29. The molecule has 1 aromatic carbocycles. The first-order valence-corrected chi connectivity index (χ1v) is 7.08. The van der Waals surface area contributed by atoms with Gasteiger partial charge in [-0.05, 0) is 70.5 Å². The number of hydrogen-bond acceptors (Lipinski definition) is 2. The summed E-state index contributed by atoms with van der Waals surface area (Å²) >= 11 is 5.84. The largest absolute Gasteiger partial charge is 0.320 e. The van der Waals surface area contributed by atoms with E-state index in [4.69, 9.17) is 5.73 Å². The van der Waals surface area contributed by atoms with Crippen LogP contribution in [0.2, 0.25) is 0 Å². The van der Waals surface area contributed by atoms with Crippen LogP contribution in [0.25, 0.3) is 0 Å². The molecule has 1 aromatic heterocycles. The summed E-state index contributed by atoms with van der Waals surface area (Å²) in [5, 5.41) is 0. The van der Waals surface area contributed by atoms with E-state index in [1.165, 1.54) is 9.13 Å². The molecule has 0 aliphatic carbocycles. The van der Waals surface area contributed by atoms with Crippen molar-refractivity contribution >= 4 is 38.5 Å². The maximum absolute atomic E-state index is 6.31. The average Bonchev–Trinajstić information content (AvgIpc) is 2.32. The lowest BCUT2D eigenvalue weighted by Gasteiger charge is -2.16. The first-order valence-electron chi connectivity index (χ1n) is 5.20. The summed E-state index contributed by atoms with van der Waals surface area (Å²) in [6.45, 7) is 2.05. The summed E-state index contributed by atoms with van der Waals surface area (Å²) in [6, 6.07) is 8.02. The van der Waals surface area contributed by atoms with E-state index in [0.29, 0.717) is 0 Å². The van der Waals surface area contributed by atoms with Gasteiger partial charge in [-0.15, -0.1) is 0 Å². The number of benzene rings is 1. The van der Waals surface area contributed by atoms with Gasteiger partial charge in [0.2, 0.25) is 0 Å². The van der Waals surface area contributed by atoms with Gasteiger partial charge in [0, 0.05) is 20.4 Å². The van der Waals surface area contributed by atoms with Crippen molar-refractivity contribution in [2.75, 3.05) is 0 Å². The van der Waals surface area contributed by atoms with Gasteiger partial charge in [0.15, 0.2) is 0 Å². The third-order valence-electron chi connectivity index (χ3n) is 2.71. The predicted octanol–water partition coefficient (Wildman–Crippen LogP) is 3.81. The van der Waals surface area contributed by atoms with Crippen molar-refractivity contribution in [3.8, 4) is 0 Å². The Morgan fingerprint density at radius 3 is 2.76 bits per heavy atom. The van der Waals surface area contributed by atoms with Crippen molar-refractivity contribution < 1.29 is 0 Å². The maximum atomic E-state index is 6.31. The fourth-order valence-corrected chi connectivity index (χ4v) is 2.73. The minimum Gasteiger partial charge on any atom is -0.320 e. The number of aryl methyl sites for hydroxylation is 1. The zero-order chi connectivity index (χ0) is 12.4. The van der Waals surface area contributed by atoms with Crippen molar-refractivity contribution in [1.29, 1.82) is 0 Å². The SMILES string of the molecule is Cc1ccncc1C(N)c1cc(I)ccc1Br. The van der Waals surface area contributed by atoms with Gasteiger partial charge in [0.05, 0.1) is 6.04 Å². The minimum atomic E-state index is -0.146. The Bertz CT molecular complexity index is 543. The third-order valence-corrected chi connectivity index (χ3v) is 4.10. The average molecular weight is 403 g/mol. The summed E-state index contributed by atoms with van der Waals surface area (Å²) in [6.07, 6.45) is 3.63. The van der Waals surface area contributed by atoms with Gasteiger partial charge in [0.25, 0.3) is 0 Å². The van der Waals surface area contributed by atoms with E-state index in [9.17, 15) is 0 Å². The number of nitrogens with zero attached hydrogens (tertiary/aromatic N) is 1. The molecule has 2 aromatic rings. The summed E-state index contributed by atoms with van der Waals surface area (Å²) in [5.74, 6) is 0. The zero-order valence-corrected chi connectivity index (χ0v) is 13.1. The monoisotopic (exact) mass is 402 g/mol. The highest BCUT2D eigenvalue weighted by molar-refractivity contribution is 14.1. The van der Waals surface area contributed by atoms with E-state index in [0.717, 1.165) is 15.6 Å². The van der Waals surface area contributed by atoms with Gasteiger partial charge in [-0.2, -0.15) is 0 Å². The van der Waals surface area contributed by atoms with Gasteiger partial charge in [-0.3, -0.25) is 4.98 Å². The van der Waals surface area contributed by atoms with Crippen LogP contribution in [0.1, 0.15) is 22.7 Å². The number of rotatable bonds is 2. The lowest BCUT2D eigenvalue weighted by atomic mass is 9.98. The van der Waals surface area contributed by atoms with Crippen LogP contribution in [0.15, 0.2) is 41.1 Å². The molecule has 88 valence electrons. The summed E-state index contributed by atoms with van der Waals surface area (Å²) in [4.78, 5) is 4.15. The number of hydrogen-bond donors (Lipinski definition) is 1. The Labute approximate surface area is 123 Å². The molecule has 0 radical (unpaired) electrons. The first-order chi connectivity index (χ1) is 8.09. The van der Waals surface area contributed by atoms with Crippen LogP contribution in [-0.4, -0.2) is 4.98 Å². The second-order valence-electron chi connectivity index (χ2n) is 3.88. The molecule has 1 unspecified atom stereocenters. The normalized spacial score (nSPS) is 12.5. The Morgan fingerprint density at radius 1 is 1.29 bits per heavy atom. The number of aromatic nitrogens is 1. The van der Waals surface area contributed by atoms with E-state index >= 15 is 0 Å². The molecule has 0 spiro atoms. The molecular weight excluding hydrogens is 391 g/mol. The van der Waals surface area contributed by atoms with Crippen LogP contribution in [0.4, 0.5) is 0 Å². The van der Waals surface area contributed by atoms with Crippen molar-refractivity contribution in [3.05, 3.63) is 61.4 Å². The van der Waals surface area contributed by atoms with Crippen LogP contribution in [0.5, 0.6) is 0 Å². The molecule has 1 heterocycles. The lowest BCUT2D eigenvalue weighted by Crippen LogP contribution is -2.14. The molecule has 17 heavy (non-hydrogen) atoms. The van der Waals surface area contributed by atoms with E-state index in [-0.39, 0.29) is 6.04 Å². The van der Waals surface area contributed by atoms with Gasteiger partial charge in [-0.25, -0.2) is 0 Å². The molecular formula is C13H12BrIN2. The molecule has 4 heteroatoms. The number of halogens is 2. The molecule has 0 fully saturated rings. The summed E-state index contributed by atoms with van der Waals surface area (Å²) < 4.78 is 2.21. The highest BCUT2D eigenvalue weighted by Gasteiger charge is 2.14. The lowest BCUT2D eigenvalue weighted by molar-refractivity contribution is 0.846. The maximum Gasteiger partial charge on any atom is 0.0581 e. The molecule has 0 saturated heterocycles. The van der Waals surface area contributed by atoms with Gasteiger partial charge in [-0.1, -0.05) is 15.9 Å². The van der Waals surface area contributed by atoms with Crippen molar-refractivity contribution in [1.82, 2.24) is 4.98 Å². The first kappa shape index (κ1) is 13.0. The molecule has 2 nitrogen and oxygen atoms in total. The van der Waals surface area contributed by atoms with E-state index < -0.39 is 0 Å². The third kappa shape index (κ3) is 2.86. The molecule has 1 atom stereocenters. The second-order valence-corrected chi connectivity index (χ2v) is 5.98. The molecule has 0 amide bonds. The summed E-state index contributed by atoms with van der Waals surface area (Å²) in [7, 11) is 0. The predicted molar refractivity (Wildman–Crippen MR) is 81.9 cm³/mol. The smallest absolute Gasteiger partial charge is 0.0581 e. The minimum absolute atomic E-state index is 0.146. The molecule has 2 rings (SSSR count). The number of nitrogens with two attached hydrogens (primary N) is 1. The molecule has 0 aliphatic heterocycles. The number of pyridine rings is 1. The van der Waals surface area contributed by atoms with Crippen LogP contribution < -0.4 is 5.73 Å². The van der Waals surface area contributed by atoms with Crippen LogP contribution in [-0.2, 0) is 0 Å². The summed E-state index contributed by atoms with van der Waals surface area (Å²) in [5.41, 5.74) is 9.63. The topological polar surface area (TPSA) is 38.9 Å². The Hall–Kier alpha value is -0.460. The van der Waals surface area contributed by atoms with Crippen molar-refractivity contribution in [3.63, 3.8) is 0 Å². The Balaban J connectivity index is 2.47. The highest BCUT2D eigenvalue weighted by atomic mass is 127. The molecule has 0 saturated carbocycles.